The van der Waals surface area contributed by atoms with Gasteiger partial charge in [0.25, 0.3) is 5.91 Å². The second-order valence-corrected chi connectivity index (χ2v) is 7.57. The van der Waals surface area contributed by atoms with E-state index in [1.54, 1.807) is 30.2 Å². The fourth-order valence-electron chi connectivity index (χ4n) is 3.64. The molecule has 0 saturated carbocycles. The molecule has 2 aromatic rings. The van der Waals surface area contributed by atoms with Crippen LogP contribution in [0.2, 0.25) is 5.02 Å². The highest BCUT2D eigenvalue weighted by atomic mass is 35.5. The van der Waals surface area contributed by atoms with Crippen LogP contribution in [0.1, 0.15) is 23.2 Å². The Morgan fingerprint density at radius 2 is 2.04 bits per heavy atom. The second kappa shape index (κ2) is 7.39. The Morgan fingerprint density at radius 1 is 1.35 bits per heavy atom. The molecule has 2 heterocycles. The maximum absolute atomic E-state index is 12.9. The van der Waals surface area contributed by atoms with Crippen LogP contribution in [0.3, 0.4) is 0 Å². The van der Waals surface area contributed by atoms with Gasteiger partial charge in [-0.2, -0.15) is 0 Å². The Hall–Kier alpha value is -1.89. The molecule has 1 aliphatic rings. The molecule has 1 fully saturated rings. The highest BCUT2D eigenvalue weighted by molar-refractivity contribution is 6.31. The lowest BCUT2D eigenvalue weighted by molar-refractivity contribution is -0.0654. The van der Waals surface area contributed by atoms with E-state index in [4.69, 9.17) is 16.3 Å². The number of hydrogen-bond donors (Lipinski definition) is 1. The average Bonchev–Trinajstić information content (AvgIpc) is 2.61. The number of fused-ring (bicyclic) bond motifs is 1. The van der Waals surface area contributed by atoms with Gasteiger partial charge in [0.05, 0.1) is 11.1 Å². The van der Waals surface area contributed by atoms with Crippen molar-refractivity contribution >= 4 is 28.4 Å². The number of nitrogens with zero attached hydrogens (tertiary/aromatic N) is 2. The predicted molar refractivity (Wildman–Crippen MR) is 103 cm³/mol. The number of rotatable bonds is 4. The van der Waals surface area contributed by atoms with Gasteiger partial charge < -0.3 is 19.5 Å². The van der Waals surface area contributed by atoms with Crippen molar-refractivity contribution in [3.05, 3.63) is 45.2 Å². The van der Waals surface area contributed by atoms with Crippen molar-refractivity contribution in [2.45, 2.75) is 18.4 Å². The van der Waals surface area contributed by atoms with Crippen molar-refractivity contribution in [2.75, 3.05) is 40.8 Å². The van der Waals surface area contributed by atoms with E-state index < -0.39 is 0 Å². The van der Waals surface area contributed by atoms with E-state index in [0.717, 1.165) is 19.4 Å². The van der Waals surface area contributed by atoms with Crippen LogP contribution in [-0.2, 0) is 4.74 Å². The van der Waals surface area contributed by atoms with Gasteiger partial charge in [-0.1, -0.05) is 11.6 Å². The fourth-order valence-corrected chi connectivity index (χ4v) is 3.82. The predicted octanol–water partition coefficient (Wildman–Crippen LogP) is 2.36. The van der Waals surface area contributed by atoms with E-state index >= 15 is 0 Å². The summed E-state index contributed by atoms with van der Waals surface area (Å²) in [5, 5.41) is 1.01. The molecule has 26 heavy (non-hydrogen) atoms. The third-order valence-electron chi connectivity index (χ3n) is 5.07. The van der Waals surface area contributed by atoms with Crippen molar-refractivity contribution in [3.63, 3.8) is 0 Å². The van der Waals surface area contributed by atoms with Crippen LogP contribution in [0, 0.1) is 0 Å². The monoisotopic (exact) mass is 377 g/mol. The minimum atomic E-state index is -0.266. The first-order valence-corrected chi connectivity index (χ1v) is 9.03. The van der Waals surface area contributed by atoms with Crippen molar-refractivity contribution in [2.24, 2.45) is 0 Å². The summed E-state index contributed by atoms with van der Waals surface area (Å²) in [6.45, 7) is 1.94. The molecule has 0 atom stereocenters. The van der Waals surface area contributed by atoms with E-state index in [-0.39, 0.29) is 22.5 Å². The highest BCUT2D eigenvalue weighted by Crippen LogP contribution is 2.27. The molecule has 0 unspecified atom stereocenters. The number of carbonyl (C=O) groups is 1. The minimum absolute atomic E-state index is 0.164. The molecule has 1 amide bonds. The number of likely N-dealkylation sites (tertiary alicyclic amines) is 1. The van der Waals surface area contributed by atoms with Crippen LogP contribution in [-0.4, -0.2) is 67.1 Å². The van der Waals surface area contributed by atoms with Crippen LogP contribution in [0.25, 0.3) is 10.9 Å². The Bertz CT molecular complexity index is 870. The maximum Gasteiger partial charge on any atom is 0.259 e. The number of hydrogen-bond acceptors (Lipinski definition) is 4. The third-order valence-corrected chi connectivity index (χ3v) is 5.31. The molecule has 0 aliphatic carbocycles. The van der Waals surface area contributed by atoms with Crippen LogP contribution < -0.4 is 5.43 Å². The van der Waals surface area contributed by atoms with Crippen molar-refractivity contribution < 1.29 is 9.53 Å². The lowest BCUT2D eigenvalue weighted by Gasteiger charge is -2.42. The molecular weight excluding hydrogens is 354 g/mol. The Balaban J connectivity index is 1.81. The quantitative estimate of drug-likeness (QED) is 0.888. The van der Waals surface area contributed by atoms with Crippen LogP contribution in [0.5, 0.6) is 0 Å². The molecule has 7 heteroatoms. The zero-order chi connectivity index (χ0) is 18.9. The SMILES string of the molecule is COC1(CN(C)C)CCN(C(=O)c2c[nH]c3cc(Cl)ccc3c2=O)CC1. The molecule has 1 aromatic carbocycles. The molecule has 0 radical (unpaired) electrons. The van der Waals surface area contributed by atoms with Gasteiger partial charge in [-0.05, 0) is 45.1 Å². The summed E-state index contributed by atoms with van der Waals surface area (Å²) in [7, 11) is 5.75. The maximum atomic E-state index is 12.9. The van der Waals surface area contributed by atoms with E-state index in [9.17, 15) is 9.59 Å². The lowest BCUT2D eigenvalue weighted by atomic mass is 9.90. The van der Waals surface area contributed by atoms with Gasteiger partial charge in [-0.25, -0.2) is 0 Å². The number of methoxy groups -OCH3 is 1. The van der Waals surface area contributed by atoms with Crippen molar-refractivity contribution in [3.8, 4) is 0 Å². The number of aromatic nitrogens is 1. The van der Waals surface area contributed by atoms with Gasteiger partial charge in [-0.3, -0.25) is 9.59 Å². The number of nitrogens with one attached hydrogen (secondary N) is 1. The van der Waals surface area contributed by atoms with Crippen LogP contribution >= 0.6 is 11.6 Å². The number of pyridine rings is 1. The lowest BCUT2D eigenvalue weighted by Crippen LogP contribution is -2.52. The summed E-state index contributed by atoms with van der Waals surface area (Å²) in [5.41, 5.74) is 0.282. The molecule has 1 aromatic heterocycles. The number of aromatic amines is 1. The molecule has 0 spiro atoms. The summed E-state index contributed by atoms with van der Waals surface area (Å²) < 4.78 is 5.76. The number of amides is 1. The van der Waals surface area contributed by atoms with Crippen molar-refractivity contribution in [1.82, 2.24) is 14.8 Å². The number of likely N-dealkylation sites (N-methyl/N-ethyl adjacent to an activating group) is 1. The molecule has 140 valence electrons. The summed E-state index contributed by atoms with van der Waals surface area (Å²) >= 11 is 5.96. The van der Waals surface area contributed by atoms with Crippen LogP contribution in [0.4, 0.5) is 0 Å². The Labute approximate surface area is 157 Å². The summed E-state index contributed by atoms with van der Waals surface area (Å²) in [4.78, 5) is 32.4. The zero-order valence-electron chi connectivity index (χ0n) is 15.3. The number of benzene rings is 1. The molecular formula is C19H24ClN3O3. The summed E-state index contributed by atoms with van der Waals surface area (Å²) in [6.07, 6.45) is 2.98. The summed E-state index contributed by atoms with van der Waals surface area (Å²) in [6, 6.07) is 4.99. The first kappa shape index (κ1) is 18.9. The van der Waals surface area contributed by atoms with Gasteiger partial charge in [0.2, 0.25) is 5.43 Å². The van der Waals surface area contributed by atoms with Gasteiger partial charge >= 0.3 is 0 Å². The number of halogens is 1. The molecule has 1 saturated heterocycles. The van der Waals surface area contributed by atoms with Gasteiger partial charge in [0, 0.05) is 43.3 Å². The standard InChI is InChI=1S/C19H24ClN3O3/c1-22(2)12-19(26-3)6-8-23(9-7-19)18(25)15-11-21-16-10-13(20)4-5-14(16)17(15)24/h4-5,10-11H,6-9,12H2,1-3H3,(H,21,24). The van der Waals surface area contributed by atoms with E-state index in [2.05, 4.69) is 9.88 Å². The minimum Gasteiger partial charge on any atom is -0.377 e. The topological polar surface area (TPSA) is 65.6 Å². The normalized spacial score (nSPS) is 17.0. The van der Waals surface area contributed by atoms with E-state index in [1.165, 1.54) is 6.20 Å². The molecule has 3 rings (SSSR count). The zero-order valence-corrected chi connectivity index (χ0v) is 16.1. The number of carbonyl (C=O) groups excluding carboxylic acids is 1. The molecule has 1 aliphatic heterocycles. The number of H-pyrrole nitrogens is 1. The van der Waals surface area contributed by atoms with E-state index in [0.29, 0.717) is 29.0 Å². The van der Waals surface area contributed by atoms with Gasteiger partial charge in [0.15, 0.2) is 0 Å². The van der Waals surface area contributed by atoms with Gasteiger partial charge in [-0.15, -0.1) is 0 Å². The first-order chi connectivity index (χ1) is 12.3. The Kier molecular flexibility index (Phi) is 5.37. The Morgan fingerprint density at radius 3 is 2.65 bits per heavy atom. The number of ether oxygens (including phenoxy) is 1. The van der Waals surface area contributed by atoms with Crippen LogP contribution in [0.15, 0.2) is 29.2 Å². The second-order valence-electron chi connectivity index (χ2n) is 7.14. The fraction of sp³-hybridized carbons (Fsp3) is 0.474. The van der Waals surface area contributed by atoms with Crippen molar-refractivity contribution in [1.29, 1.82) is 0 Å². The first-order valence-electron chi connectivity index (χ1n) is 8.65. The van der Waals surface area contributed by atoms with Gasteiger partial charge in [0.1, 0.15) is 5.56 Å². The van der Waals surface area contributed by atoms with E-state index in [1.807, 2.05) is 14.1 Å². The summed E-state index contributed by atoms with van der Waals surface area (Å²) in [5.74, 6) is -0.238. The molecule has 1 N–H and O–H groups in total. The number of piperidine rings is 1. The molecule has 6 nitrogen and oxygen atoms in total. The third kappa shape index (κ3) is 3.63. The largest absolute Gasteiger partial charge is 0.377 e. The highest BCUT2D eigenvalue weighted by Gasteiger charge is 2.37. The molecule has 0 bridgehead atoms. The smallest absolute Gasteiger partial charge is 0.259 e. The average molecular weight is 378 g/mol.